The number of hydrogen-bond acceptors (Lipinski definition) is 2. The zero-order valence-corrected chi connectivity index (χ0v) is 16.7. The van der Waals surface area contributed by atoms with E-state index in [-0.39, 0.29) is 11.3 Å². The molecular weight excluding hydrogens is 310 g/mol. The highest BCUT2D eigenvalue weighted by atomic mass is 16.5. The van der Waals surface area contributed by atoms with E-state index in [1.54, 1.807) is 0 Å². The van der Waals surface area contributed by atoms with Gasteiger partial charge >= 0.3 is 0 Å². The van der Waals surface area contributed by atoms with Crippen LogP contribution in [0.3, 0.4) is 0 Å². The molecule has 2 aliphatic heterocycles. The quantitative estimate of drug-likeness (QED) is 0.786. The summed E-state index contributed by atoms with van der Waals surface area (Å²) in [7, 11) is 0. The molecule has 2 heterocycles. The smallest absolute Gasteiger partial charge is 0.225 e. The molecule has 0 bridgehead atoms. The average Bonchev–Trinajstić information content (AvgIpc) is 3.01. The summed E-state index contributed by atoms with van der Waals surface area (Å²) >= 11 is 0. The van der Waals surface area contributed by atoms with Gasteiger partial charge in [0.1, 0.15) is 5.75 Å². The molecule has 25 heavy (non-hydrogen) atoms. The maximum atomic E-state index is 12.3. The Morgan fingerprint density at radius 1 is 1.24 bits per heavy atom. The highest BCUT2D eigenvalue weighted by Crippen LogP contribution is 2.44. The lowest BCUT2D eigenvalue weighted by atomic mass is 9.78. The third-order valence-corrected chi connectivity index (χ3v) is 5.74. The van der Waals surface area contributed by atoms with Gasteiger partial charge in [-0.15, -0.1) is 0 Å². The standard InChI is InChI=1S/C22H33NO2/c1-14(2)21(24)23-10-7-16(8-11-23)19-15(3)13-18(22(4,5)6)20-17(19)9-12-25-20/h13-14,16H,7-12H2,1-6H3. The normalized spacial score (nSPS) is 18.4. The van der Waals surface area contributed by atoms with Crippen molar-refractivity contribution >= 4 is 5.91 Å². The molecule has 1 amide bonds. The number of amides is 1. The van der Waals surface area contributed by atoms with Gasteiger partial charge in [-0.1, -0.05) is 40.7 Å². The molecule has 3 heteroatoms. The van der Waals surface area contributed by atoms with Crippen LogP contribution in [0.1, 0.15) is 75.6 Å². The SMILES string of the molecule is Cc1cc(C(C)(C)C)c2c(c1C1CCN(C(=O)C(C)C)CC1)CCO2. The zero-order valence-electron chi connectivity index (χ0n) is 16.7. The lowest BCUT2D eigenvalue weighted by Crippen LogP contribution is -2.40. The Hall–Kier alpha value is -1.51. The minimum absolute atomic E-state index is 0.0991. The second kappa shape index (κ2) is 6.66. The van der Waals surface area contributed by atoms with E-state index in [1.807, 2.05) is 13.8 Å². The number of ether oxygens (including phenoxy) is 1. The summed E-state index contributed by atoms with van der Waals surface area (Å²) in [5.74, 6) is 2.10. The average molecular weight is 344 g/mol. The van der Waals surface area contributed by atoms with Gasteiger partial charge in [-0.2, -0.15) is 0 Å². The fourth-order valence-electron chi connectivity index (χ4n) is 4.43. The van der Waals surface area contributed by atoms with Crippen LogP contribution >= 0.6 is 0 Å². The molecule has 138 valence electrons. The Balaban J connectivity index is 1.88. The van der Waals surface area contributed by atoms with Crippen molar-refractivity contribution < 1.29 is 9.53 Å². The molecule has 0 aromatic heterocycles. The predicted molar refractivity (Wildman–Crippen MR) is 102 cm³/mol. The molecule has 3 nitrogen and oxygen atoms in total. The first-order valence-corrected chi connectivity index (χ1v) is 9.78. The van der Waals surface area contributed by atoms with E-state index in [1.165, 1.54) is 22.3 Å². The van der Waals surface area contributed by atoms with E-state index in [2.05, 4.69) is 38.7 Å². The van der Waals surface area contributed by atoms with Crippen molar-refractivity contribution in [3.63, 3.8) is 0 Å². The second-order valence-electron chi connectivity index (χ2n) is 9.07. The summed E-state index contributed by atoms with van der Waals surface area (Å²) in [5.41, 5.74) is 5.80. The molecule has 0 unspecified atom stereocenters. The zero-order chi connectivity index (χ0) is 18.4. The molecule has 0 radical (unpaired) electrons. The lowest BCUT2D eigenvalue weighted by molar-refractivity contribution is -0.135. The van der Waals surface area contributed by atoms with Crippen LogP contribution in [0.5, 0.6) is 5.75 Å². The summed E-state index contributed by atoms with van der Waals surface area (Å²) in [6.45, 7) is 15.6. The number of likely N-dealkylation sites (tertiary alicyclic amines) is 1. The molecule has 3 rings (SSSR count). The Kier molecular flexibility index (Phi) is 4.87. The predicted octanol–water partition coefficient (Wildman–Crippen LogP) is 4.59. The maximum absolute atomic E-state index is 12.3. The van der Waals surface area contributed by atoms with Crippen molar-refractivity contribution in [2.45, 2.75) is 72.1 Å². The van der Waals surface area contributed by atoms with Gasteiger partial charge < -0.3 is 9.64 Å². The van der Waals surface area contributed by atoms with Crippen molar-refractivity contribution in [3.8, 4) is 5.75 Å². The van der Waals surface area contributed by atoms with Crippen molar-refractivity contribution in [3.05, 3.63) is 28.3 Å². The van der Waals surface area contributed by atoms with Crippen LogP contribution in [0, 0.1) is 12.8 Å². The van der Waals surface area contributed by atoms with Crippen LogP contribution in [-0.2, 0) is 16.6 Å². The minimum atomic E-state index is 0.0991. The largest absolute Gasteiger partial charge is 0.493 e. The van der Waals surface area contributed by atoms with E-state index in [9.17, 15) is 4.79 Å². The first kappa shape index (κ1) is 18.3. The monoisotopic (exact) mass is 343 g/mol. The third kappa shape index (κ3) is 3.43. The molecule has 0 saturated carbocycles. The Morgan fingerprint density at radius 3 is 2.44 bits per heavy atom. The molecule has 1 aromatic carbocycles. The van der Waals surface area contributed by atoms with Gasteiger partial charge in [0.15, 0.2) is 0 Å². The second-order valence-corrected chi connectivity index (χ2v) is 9.07. The Morgan fingerprint density at radius 2 is 1.88 bits per heavy atom. The van der Waals surface area contributed by atoms with Crippen LogP contribution in [0.25, 0.3) is 0 Å². The summed E-state index contributed by atoms with van der Waals surface area (Å²) < 4.78 is 6.07. The third-order valence-electron chi connectivity index (χ3n) is 5.74. The number of hydrogen-bond donors (Lipinski definition) is 0. The first-order chi connectivity index (χ1) is 11.7. The number of rotatable bonds is 2. The van der Waals surface area contributed by atoms with Crippen LogP contribution in [0.4, 0.5) is 0 Å². The fourth-order valence-corrected chi connectivity index (χ4v) is 4.43. The van der Waals surface area contributed by atoms with E-state index in [0.29, 0.717) is 11.8 Å². The number of fused-ring (bicyclic) bond motifs is 1. The van der Waals surface area contributed by atoms with E-state index < -0.39 is 0 Å². The summed E-state index contributed by atoms with van der Waals surface area (Å²) in [4.78, 5) is 14.3. The molecule has 0 N–H and O–H groups in total. The summed E-state index contributed by atoms with van der Waals surface area (Å²) in [6.07, 6.45) is 3.17. The van der Waals surface area contributed by atoms with Crippen molar-refractivity contribution in [1.29, 1.82) is 0 Å². The maximum Gasteiger partial charge on any atom is 0.225 e. The highest BCUT2D eigenvalue weighted by Gasteiger charge is 2.32. The molecule has 1 aromatic rings. The van der Waals surface area contributed by atoms with E-state index >= 15 is 0 Å². The number of aryl methyl sites for hydroxylation is 1. The van der Waals surface area contributed by atoms with Crippen LogP contribution in [0.2, 0.25) is 0 Å². The fraction of sp³-hybridized carbons (Fsp3) is 0.682. The Labute approximate surface area is 152 Å². The van der Waals surface area contributed by atoms with Gasteiger partial charge in [0.05, 0.1) is 6.61 Å². The van der Waals surface area contributed by atoms with Crippen molar-refractivity contribution in [2.75, 3.05) is 19.7 Å². The molecule has 0 spiro atoms. The summed E-state index contributed by atoms with van der Waals surface area (Å²) in [5, 5.41) is 0. The van der Waals surface area contributed by atoms with E-state index in [0.717, 1.165) is 44.7 Å². The lowest BCUT2D eigenvalue weighted by Gasteiger charge is -2.35. The van der Waals surface area contributed by atoms with E-state index in [4.69, 9.17) is 4.74 Å². The number of benzene rings is 1. The number of piperidine rings is 1. The molecule has 2 aliphatic rings. The van der Waals surface area contributed by atoms with Gasteiger partial charge in [-0.3, -0.25) is 4.79 Å². The number of carbonyl (C=O) groups is 1. The van der Waals surface area contributed by atoms with Gasteiger partial charge in [-0.25, -0.2) is 0 Å². The molecule has 0 aliphatic carbocycles. The van der Waals surface area contributed by atoms with Crippen LogP contribution in [0.15, 0.2) is 6.07 Å². The van der Waals surface area contributed by atoms with Crippen LogP contribution < -0.4 is 4.74 Å². The minimum Gasteiger partial charge on any atom is -0.493 e. The molecule has 1 saturated heterocycles. The van der Waals surface area contributed by atoms with Gasteiger partial charge in [-0.05, 0) is 42.2 Å². The van der Waals surface area contributed by atoms with Crippen LogP contribution in [-0.4, -0.2) is 30.5 Å². The van der Waals surface area contributed by atoms with Gasteiger partial charge in [0.25, 0.3) is 0 Å². The van der Waals surface area contributed by atoms with Gasteiger partial charge in [0.2, 0.25) is 5.91 Å². The van der Waals surface area contributed by atoms with Crippen molar-refractivity contribution in [1.82, 2.24) is 4.90 Å². The number of carbonyl (C=O) groups excluding carboxylic acids is 1. The number of nitrogens with zero attached hydrogens (tertiary/aromatic N) is 1. The summed E-state index contributed by atoms with van der Waals surface area (Å²) in [6, 6.07) is 2.35. The Bertz CT molecular complexity index is 662. The van der Waals surface area contributed by atoms with Crippen molar-refractivity contribution in [2.24, 2.45) is 5.92 Å². The topological polar surface area (TPSA) is 29.5 Å². The highest BCUT2D eigenvalue weighted by molar-refractivity contribution is 5.78. The first-order valence-electron chi connectivity index (χ1n) is 9.78. The molecular formula is C22H33NO2. The molecule has 1 fully saturated rings. The molecule has 0 atom stereocenters. The van der Waals surface area contributed by atoms with Gasteiger partial charge in [0, 0.05) is 36.6 Å².